The smallest absolute Gasteiger partial charge is 0.224 e. The zero-order chi connectivity index (χ0) is 17.8. The maximum absolute atomic E-state index is 12.1. The summed E-state index contributed by atoms with van der Waals surface area (Å²) in [5.74, 6) is 0.921. The molecule has 3 heterocycles. The van der Waals surface area contributed by atoms with E-state index in [1.54, 1.807) is 6.20 Å². The van der Waals surface area contributed by atoms with Crippen LogP contribution in [0.3, 0.4) is 0 Å². The molecule has 1 aliphatic rings. The Labute approximate surface area is 147 Å². The first-order valence-corrected chi connectivity index (χ1v) is 8.84. The fourth-order valence-corrected chi connectivity index (χ4v) is 3.51. The van der Waals surface area contributed by atoms with E-state index in [-0.39, 0.29) is 5.91 Å². The molecule has 2 N–H and O–H groups in total. The highest BCUT2D eigenvalue weighted by Gasteiger charge is 2.27. The van der Waals surface area contributed by atoms with E-state index in [1.807, 2.05) is 24.9 Å². The Kier molecular flexibility index (Phi) is 5.43. The normalized spacial score (nSPS) is 17.2. The molecule has 1 fully saturated rings. The zero-order valence-electron chi connectivity index (χ0n) is 14.9. The third-order valence-corrected chi connectivity index (χ3v) is 4.78. The molecule has 2 aromatic heterocycles. The summed E-state index contributed by atoms with van der Waals surface area (Å²) >= 11 is 0. The Balaban J connectivity index is 1.61. The van der Waals surface area contributed by atoms with E-state index in [1.165, 1.54) is 0 Å². The highest BCUT2D eigenvalue weighted by molar-refractivity contribution is 5.77. The van der Waals surface area contributed by atoms with Crippen LogP contribution in [-0.4, -0.2) is 45.1 Å². The van der Waals surface area contributed by atoms with Crippen molar-refractivity contribution in [2.45, 2.75) is 52.0 Å². The molecule has 7 nitrogen and oxygen atoms in total. The molecule has 1 aliphatic heterocycles. The number of nitrogens with zero attached hydrogens (tertiary/aromatic N) is 4. The highest BCUT2D eigenvalue weighted by Crippen LogP contribution is 2.25. The Morgan fingerprint density at radius 1 is 1.36 bits per heavy atom. The second-order valence-electron chi connectivity index (χ2n) is 6.55. The summed E-state index contributed by atoms with van der Waals surface area (Å²) in [5, 5.41) is 3.95. The molecule has 0 bridgehead atoms. The summed E-state index contributed by atoms with van der Waals surface area (Å²) < 4.78 is 5.18. The van der Waals surface area contributed by atoms with Crippen molar-refractivity contribution in [2.75, 3.05) is 13.1 Å². The van der Waals surface area contributed by atoms with E-state index in [9.17, 15) is 4.79 Å². The minimum atomic E-state index is 0.171. The summed E-state index contributed by atoms with van der Waals surface area (Å²) in [6, 6.07) is 0.295. The quantitative estimate of drug-likeness (QED) is 0.861. The number of hydrogen-bond acceptors (Lipinski definition) is 6. The van der Waals surface area contributed by atoms with Gasteiger partial charge in [-0.3, -0.25) is 14.8 Å². The SMILES string of the molecule is Cc1noc(C)c1-c1cnc(CCC2CCCN2C(=O)CCN)cn1. The minimum Gasteiger partial charge on any atom is -0.361 e. The number of likely N-dealkylation sites (tertiary alicyclic amines) is 1. The molecule has 1 saturated heterocycles. The third-order valence-electron chi connectivity index (χ3n) is 4.78. The Morgan fingerprint density at radius 2 is 2.20 bits per heavy atom. The molecular formula is C18H25N5O2. The second kappa shape index (κ2) is 7.74. The molecule has 0 aliphatic carbocycles. The Morgan fingerprint density at radius 3 is 2.84 bits per heavy atom. The summed E-state index contributed by atoms with van der Waals surface area (Å²) in [4.78, 5) is 23.1. The topological polar surface area (TPSA) is 98.1 Å². The fourth-order valence-electron chi connectivity index (χ4n) is 3.51. The van der Waals surface area contributed by atoms with Gasteiger partial charge >= 0.3 is 0 Å². The van der Waals surface area contributed by atoms with Crippen molar-refractivity contribution in [3.05, 3.63) is 29.5 Å². The summed E-state index contributed by atoms with van der Waals surface area (Å²) in [6.45, 7) is 5.03. The summed E-state index contributed by atoms with van der Waals surface area (Å²) in [6.07, 6.45) is 7.86. The number of aryl methyl sites for hydroxylation is 3. The van der Waals surface area contributed by atoms with Crippen molar-refractivity contribution in [3.63, 3.8) is 0 Å². The van der Waals surface area contributed by atoms with Crippen molar-refractivity contribution in [3.8, 4) is 11.3 Å². The van der Waals surface area contributed by atoms with Crippen LogP contribution >= 0.6 is 0 Å². The second-order valence-corrected chi connectivity index (χ2v) is 6.55. The first kappa shape index (κ1) is 17.5. The number of rotatable bonds is 6. The van der Waals surface area contributed by atoms with Gasteiger partial charge in [-0.2, -0.15) is 0 Å². The van der Waals surface area contributed by atoms with Gasteiger partial charge in [-0.25, -0.2) is 0 Å². The number of carbonyl (C=O) groups is 1. The van der Waals surface area contributed by atoms with Gasteiger partial charge in [0.05, 0.1) is 28.8 Å². The summed E-state index contributed by atoms with van der Waals surface area (Å²) in [5.41, 5.74) is 8.95. The predicted octanol–water partition coefficient (Wildman–Crippen LogP) is 2.02. The highest BCUT2D eigenvalue weighted by atomic mass is 16.5. The third kappa shape index (κ3) is 3.87. The van der Waals surface area contributed by atoms with Crippen molar-refractivity contribution < 1.29 is 9.32 Å². The summed E-state index contributed by atoms with van der Waals surface area (Å²) in [7, 11) is 0. The van der Waals surface area contributed by atoms with Crippen LogP contribution in [0.15, 0.2) is 16.9 Å². The molecule has 0 spiro atoms. The standard InChI is InChI=1S/C18H25N5O2/c1-12-18(13(2)25-22-12)16-11-20-14(10-21-16)5-6-15-4-3-9-23(15)17(24)7-8-19/h10-11,15H,3-9,19H2,1-2H3. The first-order chi connectivity index (χ1) is 12.1. The van der Waals surface area contributed by atoms with Crippen molar-refractivity contribution in [2.24, 2.45) is 5.73 Å². The number of amides is 1. The van der Waals surface area contributed by atoms with Gasteiger partial charge in [0.25, 0.3) is 0 Å². The van der Waals surface area contributed by atoms with E-state index in [0.717, 1.165) is 60.6 Å². The van der Waals surface area contributed by atoms with E-state index in [0.29, 0.717) is 19.0 Å². The van der Waals surface area contributed by atoms with E-state index in [2.05, 4.69) is 15.1 Å². The van der Waals surface area contributed by atoms with E-state index >= 15 is 0 Å². The zero-order valence-corrected chi connectivity index (χ0v) is 14.9. The molecule has 3 rings (SSSR count). The maximum Gasteiger partial charge on any atom is 0.224 e. The fraction of sp³-hybridized carbons (Fsp3) is 0.556. The molecule has 0 aromatic carbocycles. The van der Waals surface area contributed by atoms with Crippen molar-refractivity contribution in [1.82, 2.24) is 20.0 Å². The van der Waals surface area contributed by atoms with Crippen molar-refractivity contribution in [1.29, 1.82) is 0 Å². The molecule has 0 saturated carbocycles. The molecule has 25 heavy (non-hydrogen) atoms. The lowest BCUT2D eigenvalue weighted by Crippen LogP contribution is -2.36. The largest absolute Gasteiger partial charge is 0.361 e. The lowest BCUT2D eigenvalue weighted by molar-refractivity contribution is -0.131. The van der Waals surface area contributed by atoms with Crippen LogP contribution in [0.25, 0.3) is 11.3 Å². The van der Waals surface area contributed by atoms with Gasteiger partial charge in [0, 0.05) is 31.7 Å². The number of aromatic nitrogens is 3. The molecule has 134 valence electrons. The first-order valence-electron chi connectivity index (χ1n) is 8.84. The minimum absolute atomic E-state index is 0.171. The van der Waals surface area contributed by atoms with Crippen LogP contribution in [0.5, 0.6) is 0 Å². The predicted molar refractivity (Wildman–Crippen MR) is 93.7 cm³/mol. The molecule has 1 amide bonds. The average Bonchev–Trinajstić information content (AvgIpc) is 3.20. The lowest BCUT2D eigenvalue weighted by atomic mass is 10.1. The molecule has 1 atom stereocenters. The van der Waals surface area contributed by atoms with Crippen LogP contribution in [0.2, 0.25) is 0 Å². The van der Waals surface area contributed by atoms with Crippen molar-refractivity contribution >= 4 is 5.91 Å². The van der Waals surface area contributed by atoms with E-state index < -0.39 is 0 Å². The lowest BCUT2D eigenvalue weighted by Gasteiger charge is -2.24. The van der Waals surface area contributed by atoms with Crippen LogP contribution < -0.4 is 5.73 Å². The molecule has 7 heteroatoms. The molecule has 0 radical (unpaired) electrons. The van der Waals surface area contributed by atoms with Gasteiger partial charge in [-0.1, -0.05) is 5.16 Å². The number of carbonyl (C=O) groups excluding carboxylic acids is 1. The van der Waals surface area contributed by atoms with Crippen LogP contribution in [0, 0.1) is 13.8 Å². The van der Waals surface area contributed by atoms with Crippen LogP contribution in [-0.2, 0) is 11.2 Å². The average molecular weight is 343 g/mol. The molecule has 2 aromatic rings. The van der Waals surface area contributed by atoms with Gasteiger partial charge in [0.2, 0.25) is 5.91 Å². The molecular weight excluding hydrogens is 318 g/mol. The van der Waals surface area contributed by atoms with Gasteiger partial charge in [-0.05, 0) is 39.5 Å². The van der Waals surface area contributed by atoms with Gasteiger partial charge in [-0.15, -0.1) is 0 Å². The number of nitrogens with two attached hydrogens (primary N) is 1. The van der Waals surface area contributed by atoms with Gasteiger partial charge in [0.1, 0.15) is 5.76 Å². The van der Waals surface area contributed by atoms with Gasteiger partial charge in [0.15, 0.2) is 0 Å². The van der Waals surface area contributed by atoms with Crippen LogP contribution in [0.4, 0.5) is 0 Å². The number of hydrogen-bond donors (Lipinski definition) is 1. The van der Waals surface area contributed by atoms with E-state index in [4.69, 9.17) is 10.3 Å². The Bertz CT molecular complexity index is 706. The monoisotopic (exact) mass is 343 g/mol. The van der Waals surface area contributed by atoms with Gasteiger partial charge < -0.3 is 15.2 Å². The molecule has 1 unspecified atom stereocenters. The Hall–Kier alpha value is -2.28. The van der Waals surface area contributed by atoms with Crippen LogP contribution in [0.1, 0.15) is 42.8 Å². The maximum atomic E-state index is 12.1.